The summed E-state index contributed by atoms with van der Waals surface area (Å²) >= 11 is 0. The molecule has 0 saturated carbocycles. The van der Waals surface area contributed by atoms with E-state index >= 15 is 0 Å². The Balaban J connectivity index is 1.72. The molecule has 0 aliphatic heterocycles. The summed E-state index contributed by atoms with van der Waals surface area (Å²) in [5.74, 6) is -0.739. The molecule has 8 nitrogen and oxygen atoms in total. The first-order valence-corrected chi connectivity index (χ1v) is 8.51. The lowest BCUT2D eigenvalue weighted by molar-refractivity contribution is -0.274. The molecule has 0 radical (unpaired) electrons. The summed E-state index contributed by atoms with van der Waals surface area (Å²) in [5.41, 5.74) is 1.17. The van der Waals surface area contributed by atoms with E-state index in [1.54, 1.807) is 24.6 Å². The van der Waals surface area contributed by atoms with E-state index in [4.69, 9.17) is 0 Å². The number of aryl methyl sites for hydroxylation is 1. The highest BCUT2D eigenvalue weighted by Gasteiger charge is 2.32. The van der Waals surface area contributed by atoms with E-state index in [9.17, 15) is 23.1 Å². The first-order chi connectivity index (χ1) is 13.7. The molecule has 2 heterocycles. The van der Waals surface area contributed by atoms with Crippen LogP contribution < -0.4 is 15.5 Å². The minimum Gasteiger partial charge on any atom is -0.503 e. The Morgan fingerprint density at radius 1 is 1.24 bits per heavy atom. The van der Waals surface area contributed by atoms with Gasteiger partial charge >= 0.3 is 6.36 Å². The summed E-state index contributed by atoms with van der Waals surface area (Å²) in [5, 5.41) is 20.8. The van der Waals surface area contributed by atoms with Crippen LogP contribution in [0.1, 0.15) is 17.1 Å². The van der Waals surface area contributed by atoms with E-state index in [-0.39, 0.29) is 24.5 Å². The normalized spacial score (nSPS) is 11.6. The molecule has 3 rings (SSSR count). The van der Waals surface area contributed by atoms with Crippen molar-refractivity contribution in [3.8, 4) is 17.2 Å². The monoisotopic (exact) mass is 409 g/mol. The fourth-order valence-corrected chi connectivity index (χ4v) is 2.73. The molecule has 29 heavy (non-hydrogen) atoms. The zero-order chi connectivity index (χ0) is 21.2. The molecule has 0 bridgehead atoms. The van der Waals surface area contributed by atoms with Gasteiger partial charge in [-0.1, -0.05) is 17.3 Å². The van der Waals surface area contributed by atoms with Crippen molar-refractivity contribution < 1.29 is 23.0 Å². The maximum Gasteiger partial charge on any atom is 0.573 e. The highest BCUT2D eigenvalue weighted by Crippen LogP contribution is 2.28. The Bertz CT molecular complexity index is 1080. The van der Waals surface area contributed by atoms with Gasteiger partial charge < -0.3 is 19.7 Å². The number of ether oxygens (including phenoxy) is 1. The van der Waals surface area contributed by atoms with Gasteiger partial charge in [-0.05, 0) is 19.1 Å². The first kappa shape index (κ1) is 20.4. The van der Waals surface area contributed by atoms with E-state index in [0.29, 0.717) is 17.1 Å². The Hall–Kier alpha value is -3.34. The van der Waals surface area contributed by atoms with E-state index < -0.39 is 17.5 Å². The van der Waals surface area contributed by atoms with E-state index in [1.807, 2.05) is 0 Å². The van der Waals surface area contributed by atoms with E-state index in [1.165, 1.54) is 35.1 Å². The summed E-state index contributed by atoms with van der Waals surface area (Å²) in [7, 11) is 1.72. The fraction of sp³-hybridized carbons (Fsp3) is 0.278. The van der Waals surface area contributed by atoms with Gasteiger partial charge in [0.15, 0.2) is 11.5 Å². The second-order valence-electron chi connectivity index (χ2n) is 6.28. The lowest BCUT2D eigenvalue weighted by Gasteiger charge is -2.13. The molecule has 0 fully saturated rings. The van der Waals surface area contributed by atoms with Crippen LogP contribution in [0.25, 0.3) is 5.69 Å². The van der Waals surface area contributed by atoms with Crippen molar-refractivity contribution >= 4 is 0 Å². The summed E-state index contributed by atoms with van der Waals surface area (Å²) < 4.78 is 44.6. The average molecular weight is 409 g/mol. The quantitative estimate of drug-likeness (QED) is 0.648. The van der Waals surface area contributed by atoms with Crippen LogP contribution in [-0.4, -0.2) is 31.0 Å². The predicted octanol–water partition coefficient (Wildman–Crippen LogP) is 2.17. The second-order valence-corrected chi connectivity index (χ2v) is 6.28. The average Bonchev–Trinajstić information content (AvgIpc) is 3.11. The molecular formula is C18H18F3N5O3. The Kier molecular flexibility index (Phi) is 5.59. The van der Waals surface area contributed by atoms with Gasteiger partial charge in [-0.15, -0.1) is 18.3 Å². The topological polar surface area (TPSA) is 94.2 Å². The van der Waals surface area contributed by atoms with Gasteiger partial charge in [0, 0.05) is 31.9 Å². The molecular weight excluding hydrogens is 391 g/mol. The van der Waals surface area contributed by atoms with Crippen LogP contribution in [0, 0.1) is 6.92 Å². The third-order valence-electron chi connectivity index (χ3n) is 4.26. The minimum absolute atomic E-state index is 0.0855. The van der Waals surface area contributed by atoms with Crippen molar-refractivity contribution in [1.29, 1.82) is 0 Å². The number of alkyl halides is 3. The van der Waals surface area contributed by atoms with E-state index in [0.717, 1.165) is 0 Å². The largest absolute Gasteiger partial charge is 0.573 e. The summed E-state index contributed by atoms with van der Waals surface area (Å²) in [6, 6.07) is 6.92. The number of nitrogens with zero attached hydrogens (tertiary/aromatic N) is 4. The standard InChI is InChI=1S/C18H18F3N5O3/c1-11-7-15(27)17(28)14(25(11)2)9-22-8-12-10-26(24-23-12)13-5-3-4-6-16(13)29-18(19,20)21/h3-7,10,22,28H,8-9H2,1-2H3. The maximum absolute atomic E-state index is 12.6. The number of aromatic hydroxyl groups is 1. The lowest BCUT2D eigenvalue weighted by atomic mass is 10.2. The Labute approximate surface area is 163 Å². The smallest absolute Gasteiger partial charge is 0.503 e. The number of hydrogen-bond donors (Lipinski definition) is 2. The van der Waals surface area contributed by atoms with Gasteiger partial charge in [0.05, 0.1) is 17.6 Å². The van der Waals surface area contributed by atoms with Gasteiger partial charge in [0.1, 0.15) is 5.69 Å². The molecule has 11 heteroatoms. The summed E-state index contributed by atoms with van der Waals surface area (Å²) in [4.78, 5) is 11.7. The van der Waals surface area contributed by atoms with Crippen molar-refractivity contribution in [2.24, 2.45) is 7.05 Å². The zero-order valence-electron chi connectivity index (χ0n) is 15.6. The predicted molar refractivity (Wildman–Crippen MR) is 96.7 cm³/mol. The molecule has 2 N–H and O–H groups in total. The van der Waals surface area contributed by atoms with Crippen LogP contribution in [0.5, 0.6) is 11.5 Å². The van der Waals surface area contributed by atoms with Crippen molar-refractivity contribution in [1.82, 2.24) is 24.9 Å². The van der Waals surface area contributed by atoms with Gasteiger partial charge in [0.2, 0.25) is 5.43 Å². The molecule has 0 saturated heterocycles. The lowest BCUT2D eigenvalue weighted by Crippen LogP contribution is -2.20. The highest BCUT2D eigenvalue weighted by atomic mass is 19.4. The second kappa shape index (κ2) is 7.95. The number of hydrogen-bond acceptors (Lipinski definition) is 6. The highest BCUT2D eigenvalue weighted by molar-refractivity contribution is 5.45. The van der Waals surface area contributed by atoms with Crippen molar-refractivity contribution in [2.75, 3.05) is 0 Å². The van der Waals surface area contributed by atoms with Gasteiger partial charge in [-0.2, -0.15) is 0 Å². The molecule has 0 unspecified atom stereocenters. The molecule has 2 aromatic heterocycles. The van der Waals surface area contributed by atoms with Crippen LogP contribution in [0.15, 0.2) is 41.3 Å². The molecule has 154 valence electrons. The number of para-hydroxylation sites is 2. The van der Waals surface area contributed by atoms with E-state index in [2.05, 4.69) is 20.4 Å². The van der Waals surface area contributed by atoms with Crippen LogP contribution in [-0.2, 0) is 20.1 Å². The van der Waals surface area contributed by atoms with Gasteiger partial charge in [-0.25, -0.2) is 4.68 Å². The number of benzene rings is 1. The number of aromatic nitrogens is 4. The third kappa shape index (κ3) is 4.74. The number of halogens is 3. The van der Waals surface area contributed by atoms with Crippen molar-refractivity contribution in [2.45, 2.75) is 26.4 Å². The van der Waals surface area contributed by atoms with Crippen LogP contribution in [0.3, 0.4) is 0 Å². The summed E-state index contributed by atoms with van der Waals surface area (Å²) in [6.07, 6.45) is -3.37. The Morgan fingerprint density at radius 3 is 2.69 bits per heavy atom. The van der Waals surface area contributed by atoms with Crippen molar-refractivity contribution in [3.05, 3.63) is 63.8 Å². The molecule has 0 aliphatic carbocycles. The minimum atomic E-state index is -4.83. The van der Waals surface area contributed by atoms with Gasteiger partial charge in [0.25, 0.3) is 0 Å². The molecule has 0 spiro atoms. The van der Waals surface area contributed by atoms with Crippen LogP contribution in [0.4, 0.5) is 13.2 Å². The third-order valence-corrected chi connectivity index (χ3v) is 4.26. The van der Waals surface area contributed by atoms with Gasteiger partial charge in [-0.3, -0.25) is 4.79 Å². The van der Waals surface area contributed by atoms with Crippen LogP contribution >= 0.6 is 0 Å². The molecule has 3 aromatic rings. The molecule has 0 amide bonds. The molecule has 0 aliphatic rings. The number of nitrogens with one attached hydrogen (secondary N) is 1. The zero-order valence-corrected chi connectivity index (χ0v) is 15.6. The Morgan fingerprint density at radius 2 is 1.97 bits per heavy atom. The SMILES string of the molecule is Cc1cc(=O)c(O)c(CNCc2cn(-c3ccccc3OC(F)(F)F)nn2)n1C. The maximum atomic E-state index is 12.6. The summed E-state index contributed by atoms with van der Waals surface area (Å²) in [6.45, 7) is 2.14. The number of rotatable bonds is 6. The van der Waals surface area contributed by atoms with Crippen LogP contribution in [0.2, 0.25) is 0 Å². The first-order valence-electron chi connectivity index (χ1n) is 8.51. The van der Waals surface area contributed by atoms with Crippen molar-refractivity contribution in [3.63, 3.8) is 0 Å². The fourth-order valence-electron chi connectivity index (χ4n) is 2.73. The number of pyridine rings is 1. The molecule has 1 aromatic carbocycles. The molecule has 0 atom stereocenters.